The predicted octanol–water partition coefficient (Wildman–Crippen LogP) is 0.262. The second-order valence-electron chi connectivity index (χ2n) is 4.56. The average molecular weight is 255 g/mol. The summed E-state index contributed by atoms with van der Waals surface area (Å²) in [5.41, 5.74) is -0.253. The zero-order valence-electron chi connectivity index (χ0n) is 11.2. The van der Waals surface area contributed by atoms with Crippen molar-refractivity contribution in [2.24, 2.45) is 5.10 Å². The van der Waals surface area contributed by atoms with Crippen LogP contribution in [0.5, 0.6) is 0 Å². The second kappa shape index (κ2) is 5.95. The van der Waals surface area contributed by atoms with E-state index in [-0.39, 0.29) is 18.4 Å². The van der Waals surface area contributed by atoms with Crippen molar-refractivity contribution < 1.29 is 14.7 Å². The number of carbonyl (C=O) groups excluding carboxylic acids is 2. The van der Waals surface area contributed by atoms with Crippen LogP contribution in [0.25, 0.3) is 0 Å². The number of hydrogen-bond donors (Lipinski definition) is 2. The maximum atomic E-state index is 12.1. The smallest absolute Gasteiger partial charge is 0.268 e. The van der Waals surface area contributed by atoms with Crippen LogP contribution in [0.1, 0.15) is 39.5 Å². The molecule has 6 heteroatoms. The van der Waals surface area contributed by atoms with Gasteiger partial charge in [0.15, 0.2) is 0 Å². The lowest BCUT2D eigenvalue weighted by atomic mass is 9.93. The molecule has 0 atom stereocenters. The molecule has 2 amide bonds. The van der Waals surface area contributed by atoms with Crippen LogP contribution in [-0.4, -0.2) is 46.8 Å². The Bertz CT molecular complexity index is 353. The quantitative estimate of drug-likeness (QED) is 0.739. The molecule has 0 saturated heterocycles. The Morgan fingerprint density at radius 3 is 2.50 bits per heavy atom. The molecule has 2 N–H and O–H groups in total. The predicted molar refractivity (Wildman–Crippen MR) is 68.0 cm³/mol. The van der Waals surface area contributed by atoms with Crippen LogP contribution in [0.15, 0.2) is 5.10 Å². The molecule has 1 aliphatic heterocycles. The molecule has 1 aliphatic rings. The minimum Gasteiger partial charge on any atom is -0.394 e. The Balaban J connectivity index is 2.77. The van der Waals surface area contributed by atoms with Gasteiger partial charge < -0.3 is 10.4 Å². The van der Waals surface area contributed by atoms with Crippen molar-refractivity contribution in [3.8, 4) is 0 Å². The zero-order valence-corrected chi connectivity index (χ0v) is 11.2. The van der Waals surface area contributed by atoms with Gasteiger partial charge in [-0.05, 0) is 12.8 Å². The standard InChI is InChI=1S/C12H21N3O3/c1-4-12(5-2,8-16)13-11(18)9-6-7-10(17)15(3)14-9/h16H,4-8H2,1-3H3,(H,13,18). The first-order chi connectivity index (χ1) is 8.48. The summed E-state index contributed by atoms with van der Waals surface area (Å²) in [5, 5.41) is 17.4. The lowest BCUT2D eigenvalue weighted by Crippen LogP contribution is -2.53. The minimum atomic E-state index is -0.598. The zero-order chi connectivity index (χ0) is 13.8. The van der Waals surface area contributed by atoms with Gasteiger partial charge in [-0.2, -0.15) is 5.10 Å². The van der Waals surface area contributed by atoms with E-state index in [1.54, 1.807) is 0 Å². The molecule has 0 aliphatic carbocycles. The molecule has 0 unspecified atom stereocenters. The van der Waals surface area contributed by atoms with Gasteiger partial charge in [0.25, 0.3) is 5.91 Å². The Morgan fingerprint density at radius 2 is 2.06 bits per heavy atom. The highest BCUT2D eigenvalue weighted by atomic mass is 16.3. The lowest BCUT2D eigenvalue weighted by molar-refractivity contribution is -0.130. The van der Waals surface area contributed by atoms with Gasteiger partial charge in [0.1, 0.15) is 5.71 Å². The maximum absolute atomic E-state index is 12.1. The van der Waals surface area contributed by atoms with Gasteiger partial charge in [0.05, 0.1) is 12.1 Å². The molecule has 0 bridgehead atoms. The third-order valence-corrected chi connectivity index (χ3v) is 3.50. The third kappa shape index (κ3) is 3.07. The number of nitrogens with zero attached hydrogens (tertiary/aromatic N) is 2. The van der Waals surface area contributed by atoms with Crippen LogP contribution in [0.2, 0.25) is 0 Å². The van der Waals surface area contributed by atoms with Crippen LogP contribution in [0.4, 0.5) is 0 Å². The third-order valence-electron chi connectivity index (χ3n) is 3.50. The topological polar surface area (TPSA) is 82.0 Å². The van der Waals surface area contributed by atoms with Crippen LogP contribution < -0.4 is 5.32 Å². The van der Waals surface area contributed by atoms with E-state index in [4.69, 9.17) is 0 Å². The van der Waals surface area contributed by atoms with Crippen molar-refractivity contribution in [3.05, 3.63) is 0 Å². The lowest BCUT2D eigenvalue weighted by Gasteiger charge is -2.31. The van der Waals surface area contributed by atoms with Gasteiger partial charge >= 0.3 is 0 Å². The van der Waals surface area contributed by atoms with E-state index in [2.05, 4.69) is 10.4 Å². The molecule has 18 heavy (non-hydrogen) atoms. The maximum Gasteiger partial charge on any atom is 0.268 e. The number of amides is 2. The largest absolute Gasteiger partial charge is 0.394 e. The number of hydrazone groups is 1. The first-order valence-corrected chi connectivity index (χ1v) is 6.25. The molecule has 6 nitrogen and oxygen atoms in total. The number of aliphatic hydroxyl groups is 1. The summed E-state index contributed by atoms with van der Waals surface area (Å²) in [6.45, 7) is 3.73. The average Bonchev–Trinajstić information content (AvgIpc) is 2.39. The van der Waals surface area contributed by atoms with Gasteiger partial charge in [-0.1, -0.05) is 13.8 Å². The van der Waals surface area contributed by atoms with Crippen molar-refractivity contribution in [2.75, 3.05) is 13.7 Å². The number of aliphatic hydroxyl groups excluding tert-OH is 1. The van der Waals surface area contributed by atoms with Gasteiger partial charge in [0, 0.05) is 19.9 Å². The van der Waals surface area contributed by atoms with Gasteiger partial charge in [-0.3, -0.25) is 9.59 Å². The molecule has 0 spiro atoms. The van der Waals surface area contributed by atoms with Crippen molar-refractivity contribution >= 4 is 17.5 Å². The number of nitrogens with one attached hydrogen (secondary N) is 1. The van der Waals surface area contributed by atoms with E-state index in [0.717, 1.165) is 0 Å². The van der Waals surface area contributed by atoms with Gasteiger partial charge in [0.2, 0.25) is 5.91 Å². The molecule has 1 heterocycles. The molecular weight excluding hydrogens is 234 g/mol. The van der Waals surface area contributed by atoms with Gasteiger partial charge in [-0.15, -0.1) is 0 Å². The van der Waals surface area contributed by atoms with Crippen LogP contribution in [-0.2, 0) is 9.59 Å². The molecule has 102 valence electrons. The van der Waals surface area contributed by atoms with E-state index >= 15 is 0 Å². The van der Waals surface area contributed by atoms with Crippen molar-refractivity contribution in [1.29, 1.82) is 0 Å². The number of carbonyl (C=O) groups is 2. The van der Waals surface area contributed by atoms with Crippen molar-refractivity contribution in [1.82, 2.24) is 10.3 Å². The second-order valence-corrected chi connectivity index (χ2v) is 4.56. The van der Waals surface area contributed by atoms with Crippen molar-refractivity contribution in [2.45, 2.75) is 45.1 Å². The summed E-state index contributed by atoms with van der Waals surface area (Å²) < 4.78 is 0. The Morgan fingerprint density at radius 1 is 1.44 bits per heavy atom. The normalized spacial score (nSPS) is 16.6. The molecule has 1 rings (SSSR count). The Hall–Kier alpha value is -1.43. The summed E-state index contributed by atoms with van der Waals surface area (Å²) in [5.74, 6) is -0.391. The van der Waals surface area contributed by atoms with E-state index in [1.807, 2.05) is 13.8 Å². The SMILES string of the molecule is CCC(CC)(CO)NC(=O)C1=NN(C)C(=O)CC1. The minimum absolute atomic E-state index is 0.0917. The van der Waals surface area contributed by atoms with Gasteiger partial charge in [-0.25, -0.2) is 5.01 Å². The van der Waals surface area contributed by atoms with E-state index < -0.39 is 5.54 Å². The number of hydrogen-bond acceptors (Lipinski definition) is 4. The fourth-order valence-electron chi connectivity index (χ4n) is 1.84. The Labute approximate surface area is 107 Å². The molecular formula is C12H21N3O3. The summed E-state index contributed by atoms with van der Waals surface area (Å²) in [7, 11) is 1.54. The highest BCUT2D eigenvalue weighted by Gasteiger charge is 2.30. The molecule has 0 aromatic rings. The first kappa shape index (κ1) is 14.6. The number of rotatable bonds is 5. The summed E-state index contributed by atoms with van der Waals surface area (Å²) >= 11 is 0. The molecule has 0 saturated carbocycles. The highest BCUT2D eigenvalue weighted by Crippen LogP contribution is 2.15. The first-order valence-electron chi connectivity index (χ1n) is 6.25. The van der Waals surface area contributed by atoms with Crippen LogP contribution in [0, 0.1) is 0 Å². The van der Waals surface area contributed by atoms with Crippen LogP contribution in [0.3, 0.4) is 0 Å². The summed E-state index contributed by atoms with van der Waals surface area (Å²) in [6.07, 6.45) is 1.94. The fourth-order valence-corrected chi connectivity index (χ4v) is 1.84. The van der Waals surface area contributed by atoms with E-state index in [9.17, 15) is 14.7 Å². The van der Waals surface area contributed by atoms with Crippen molar-refractivity contribution in [3.63, 3.8) is 0 Å². The van der Waals surface area contributed by atoms with E-state index in [0.29, 0.717) is 31.4 Å². The summed E-state index contributed by atoms with van der Waals surface area (Å²) in [4.78, 5) is 23.3. The summed E-state index contributed by atoms with van der Waals surface area (Å²) in [6, 6.07) is 0. The van der Waals surface area contributed by atoms with E-state index in [1.165, 1.54) is 12.1 Å². The Kier molecular flexibility index (Phi) is 4.84. The highest BCUT2D eigenvalue weighted by molar-refractivity contribution is 6.39. The molecule has 0 radical (unpaired) electrons. The molecule has 0 fully saturated rings. The fraction of sp³-hybridized carbons (Fsp3) is 0.750. The monoisotopic (exact) mass is 255 g/mol. The van der Waals surface area contributed by atoms with Crippen LogP contribution >= 0.6 is 0 Å². The molecule has 0 aromatic heterocycles. The molecule has 0 aromatic carbocycles.